The Bertz CT molecular complexity index is 913. The summed E-state index contributed by atoms with van der Waals surface area (Å²) in [7, 11) is 1.64. The highest BCUT2D eigenvalue weighted by Crippen LogP contribution is 2.26. The second kappa shape index (κ2) is 9.22. The van der Waals surface area contributed by atoms with Gasteiger partial charge >= 0.3 is 0 Å². The van der Waals surface area contributed by atoms with Crippen molar-refractivity contribution in [3.8, 4) is 22.7 Å². The van der Waals surface area contributed by atoms with Gasteiger partial charge in [-0.15, -0.1) is 0 Å². The van der Waals surface area contributed by atoms with Crippen LogP contribution >= 0.6 is 0 Å². The first-order chi connectivity index (χ1) is 13.7. The summed E-state index contributed by atoms with van der Waals surface area (Å²) in [4.78, 5) is 15.2. The molecule has 1 heterocycles. The standard InChI is InChI=1S/C23H27N3O2/c1-4-14-25(15-5-2)23(27)22-17-21(18-10-9-13-20(16-18)28-3)24-26(22)19-11-7-6-8-12-19/h6-13,16-17H,4-5,14-15H2,1-3H3. The van der Waals surface area contributed by atoms with Crippen LogP contribution in [0.4, 0.5) is 0 Å². The van der Waals surface area contributed by atoms with E-state index in [2.05, 4.69) is 13.8 Å². The fourth-order valence-electron chi connectivity index (χ4n) is 3.24. The van der Waals surface area contributed by atoms with Crippen LogP contribution < -0.4 is 4.74 Å². The molecule has 0 bridgehead atoms. The van der Waals surface area contributed by atoms with Crippen LogP contribution in [0.2, 0.25) is 0 Å². The smallest absolute Gasteiger partial charge is 0.272 e. The van der Waals surface area contributed by atoms with Crippen molar-refractivity contribution in [2.75, 3.05) is 20.2 Å². The van der Waals surface area contributed by atoms with Crippen molar-refractivity contribution in [1.29, 1.82) is 0 Å². The number of carbonyl (C=O) groups excluding carboxylic acids is 1. The van der Waals surface area contributed by atoms with Gasteiger partial charge in [-0.3, -0.25) is 4.79 Å². The number of methoxy groups -OCH3 is 1. The summed E-state index contributed by atoms with van der Waals surface area (Å²) < 4.78 is 7.08. The molecule has 3 rings (SSSR count). The van der Waals surface area contributed by atoms with Crippen molar-refractivity contribution in [2.24, 2.45) is 0 Å². The molecule has 0 aliphatic heterocycles. The number of benzene rings is 2. The first-order valence-corrected chi connectivity index (χ1v) is 9.77. The average molecular weight is 377 g/mol. The van der Waals surface area contributed by atoms with E-state index in [-0.39, 0.29) is 5.91 Å². The Kier molecular flexibility index (Phi) is 6.48. The first kappa shape index (κ1) is 19.7. The molecule has 0 unspecified atom stereocenters. The zero-order chi connectivity index (χ0) is 19.9. The van der Waals surface area contributed by atoms with Crippen molar-refractivity contribution in [1.82, 2.24) is 14.7 Å². The van der Waals surface area contributed by atoms with E-state index in [1.54, 1.807) is 11.8 Å². The van der Waals surface area contributed by atoms with Crippen molar-refractivity contribution < 1.29 is 9.53 Å². The van der Waals surface area contributed by atoms with Gasteiger partial charge < -0.3 is 9.64 Å². The second-order valence-electron chi connectivity index (χ2n) is 6.69. The Hall–Kier alpha value is -3.08. The molecule has 0 spiro atoms. The molecule has 0 atom stereocenters. The summed E-state index contributed by atoms with van der Waals surface area (Å²) in [6, 6.07) is 19.4. The maximum absolute atomic E-state index is 13.3. The molecular weight excluding hydrogens is 350 g/mol. The summed E-state index contributed by atoms with van der Waals surface area (Å²) in [6.45, 7) is 5.65. The molecule has 0 radical (unpaired) electrons. The van der Waals surface area contributed by atoms with Crippen LogP contribution in [0.5, 0.6) is 5.75 Å². The number of hydrogen-bond acceptors (Lipinski definition) is 3. The normalized spacial score (nSPS) is 10.7. The summed E-state index contributed by atoms with van der Waals surface area (Å²) in [5.74, 6) is 0.771. The third-order valence-corrected chi connectivity index (χ3v) is 4.57. The van der Waals surface area contributed by atoms with Crippen LogP contribution in [0.3, 0.4) is 0 Å². The molecule has 0 saturated heterocycles. The molecule has 0 aliphatic rings. The fourth-order valence-corrected chi connectivity index (χ4v) is 3.24. The van der Waals surface area contributed by atoms with E-state index >= 15 is 0 Å². The number of carbonyl (C=O) groups is 1. The maximum atomic E-state index is 13.3. The summed E-state index contributed by atoms with van der Waals surface area (Å²) in [5, 5.41) is 4.76. The van der Waals surface area contributed by atoms with Gasteiger partial charge in [-0.2, -0.15) is 5.10 Å². The lowest BCUT2D eigenvalue weighted by molar-refractivity contribution is 0.0746. The molecule has 5 nitrogen and oxygen atoms in total. The first-order valence-electron chi connectivity index (χ1n) is 9.77. The minimum Gasteiger partial charge on any atom is -0.497 e. The topological polar surface area (TPSA) is 47.4 Å². The van der Waals surface area contributed by atoms with Gasteiger partial charge in [0.05, 0.1) is 18.5 Å². The Balaban J connectivity index is 2.09. The molecule has 2 aromatic carbocycles. The number of hydrogen-bond donors (Lipinski definition) is 0. The minimum absolute atomic E-state index is 0.00852. The van der Waals surface area contributed by atoms with Crippen LogP contribution in [-0.4, -0.2) is 40.8 Å². The van der Waals surface area contributed by atoms with Crippen LogP contribution in [0.15, 0.2) is 60.7 Å². The van der Waals surface area contributed by atoms with E-state index < -0.39 is 0 Å². The number of ether oxygens (including phenoxy) is 1. The Morgan fingerprint density at radius 1 is 1.00 bits per heavy atom. The molecule has 146 valence electrons. The van der Waals surface area contributed by atoms with Crippen LogP contribution in [0, 0.1) is 0 Å². The average Bonchev–Trinajstić information content (AvgIpc) is 3.19. The molecule has 0 aliphatic carbocycles. The fraction of sp³-hybridized carbons (Fsp3) is 0.304. The highest BCUT2D eigenvalue weighted by atomic mass is 16.5. The quantitative estimate of drug-likeness (QED) is 0.566. The molecule has 1 amide bonds. The van der Waals surface area contributed by atoms with Gasteiger partial charge in [0, 0.05) is 18.7 Å². The number of para-hydroxylation sites is 1. The molecule has 0 fully saturated rings. The number of nitrogens with zero attached hydrogens (tertiary/aromatic N) is 3. The zero-order valence-electron chi connectivity index (χ0n) is 16.8. The van der Waals surface area contributed by atoms with E-state index in [1.165, 1.54) is 0 Å². The van der Waals surface area contributed by atoms with Gasteiger partial charge in [-0.05, 0) is 43.2 Å². The van der Waals surface area contributed by atoms with Gasteiger partial charge in [0.2, 0.25) is 0 Å². The lowest BCUT2D eigenvalue weighted by atomic mass is 10.1. The largest absolute Gasteiger partial charge is 0.497 e. The Morgan fingerprint density at radius 2 is 1.71 bits per heavy atom. The molecular formula is C23H27N3O2. The van der Waals surface area contributed by atoms with E-state index in [0.29, 0.717) is 5.69 Å². The third-order valence-electron chi connectivity index (χ3n) is 4.57. The van der Waals surface area contributed by atoms with Crippen molar-refractivity contribution in [2.45, 2.75) is 26.7 Å². The van der Waals surface area contributed by atoms with Gasteiger partial charge in [-0.1, -0.05) is 44.2 Å². The highest BCUT2D eigenvalue weighted by Gasteiger charge is 2.22. The van der Waals surface area contributed by atoms with E-state index in [1.807, 2.05) is 65.6 Å². The lowest BCUT2D eigenvalue weighted by Crippen LogP contribution is -2.33. The number of rotatable bonds is 8. The van der Waals surface area contributed by atoms with Gasteiger partial charge in [0.25, 0.3) is 5.91 Å². The Labute approximate surface area is 166 Å². The molecule has 0 N–H and O–H groups in total. The lowest BCUT2D eigenvalue weighted by Gasteiger charge is -2.21. The van der Waals surface area contributed by atoms with E-state index in [0.717, 1.165) is 48.6 Å². The molecule has 28 heavy (non-hydrogen) atoms. The number of aromatic nitrogens is 2. The SMILES string of the molecule is CCCN(CCC)C(=O)c1cc(-c2cccc(OC)c2)nn1-c1ccccc1. The van der Waals surface area contributed by atoms with E-state index in [9.17, 15) is 4.79 Å². The molecule has 3 aromatic rings. The van der Waals surface area contributed by atoms with Gasteiger partial charge in [0.1, 0.15) is 11.4 Å². The molecule has 0 saturated carbocycles. The molecule has 5 heteroatoms. The third kappa shape index (κ3) is 4.25. The molecule has 1 aromatic heterocycles. The van der Waals surface area contributed by atoms with Gasteiger partial charge in [0.15, 0.2) is 0 Å². The Morgan fingerprint density at radius 3 is 2.36 bits per heavy atom. The predicted octanol–water partition coefficient (Wildman–Crippen LogP) is 4.81. The monoisotopic (exact) mass is 377 g/mol. The van der Waals surface area contributed by atoms with Gasteiger partial charge in [-0.25, -0.2) is 4.68 Å². The van der Waals surface area contributed by atoms with Crippen molar-refractivity contribution in [3.05, 3.63) is 66.4 Å². The maximum Gasteiger partial charge on any atom is 0.272 e. The number of amides is 1. The van der Waals surface area contributed by atoms with Crippen molar-refractivity contribution >= 4 is 5.91 Å². The predicted molar refractivity (Wildman–Crippen MR) is 112 cm³/mol. The summed E-state index contributed by atoms with van der Waals surface area (Å²) in [5.41, 5.74) is 3.11. The zero-order valence-corrected chi connectivity index (χ0v) is 16.8. The summed E-state index contributed by atoms with van der Waals surface area (Å²) >= 11 is 0. The highest BCUT2D eigenvalue weighted by molar-refractivity contribution is 5.94. The van der Waals surface area contributed by atoms with Crippen LogP contribution in [0.25, 0.3) is 16.9 Å². The minimum atomic E-state index is 0.00852. The van der Waals surface area contributed by atoms with Crippen molar-refractivity contribution in [3.63, 3.8) is 0 Å². The second-order valence-corrected chi connectivity index (χ2v) is 6.69. The van der Waals surface area contributed by atoms with Crippen LogP contribution in [-0.2, 0) is 0 Å². The summed E-state index contributed by atoms with van der Waals surface area (Å²) in [6.07, 6.45) is 1.85. The van der Waals surface area contributed by atoms with Crippen LogP contribution in [0.1, 0.15) is 37.2 Å². The van der Waals surface area contributed by atoms with E-state index in [4.69, 9.17) is 9.84 Å².